The first-order chi connectivity index (χ1) is 11.7. The van der Waals surface area contributed by atoms with Crippen molar-refractivity contribution in [3.8, 4) is 0 Å². The standard InChI is InChI=1S/C19H29N3O2/c23-18(20-15-19(24)11-5-1-2-6-12-19)21-16-9-3-4-10-17(16)22-13-7-8-14-22/h3-4,9-10,24H,1-2,5-8,11-15H2,(H2,20,21,23). The fraction of sp³-hybridized carbons (Fsp3) is 0.632. The maximum Gasteiger partial charge on any atom is 0.319 e. The van der Waals surface area contributed by atoms with Crippen molar-refractivity contribution in [3.05, 3.63) is 24.3 Å². The zero-order valence-electron chi connectivity index (χ0n) is 14.4. The maximum absolute atomic E-state index is 12.3. The highest BCUT2D eigenvalue weighted by Gasteiger charge is 2.28. The number of aliphatic hydroxyl groups is 1. The summed E-state index contributed by atoms with van der Waals surface area (Å²) in [6.45, 7) is 2.41. The van der Waals surface area contributed by atoms with E-state index in [4.69, 9.17) is 0 Å². The highest BCUT2D eigenvalue weighted by Crippen LogP contribution is 2.29. The van der Waals surface area contributed by atoms with Crippen molar-refractivity contribution in [3.63, 3.8) is 0 Å². The molecular formula is C19H29N3O2. The van der Waals surface area contributed by atoms with E-state index in [9.17, 15) is 9.90 Å². The predicted molar refractivity (Wildman–Crippen MR) is 97.6 cm³/mol. The van der Waals surface area contributed by atoms with Gasteiger partial charge >= 0.3 is 6.03 Å². The van der Waals surface area contributed by atoms with Crippen molar-refractivity contribution in [1.29, 1.82) is 0 Å². The van der Waals surface area contributed by atoms with Gasteiger partial charge in [-0.3, -0.25) is 0 Å². The van der Waals surface area contributed by atoms with Gasteiger partial charge in [0.15, 0.2) is 0 Å². The zero-order valence-corrected chi connectivity index (χ0v) is 14.4. The molecule has 3 rings (SSSR count). The highest BCUT2D eigenvalue weighted by molar-refractivity contribution is 5.93. The summed E-state index contributed by atoms with van der Waals surface area (Å²) in [6.07, 6.45) is 8.39. The van der Waals surface area contributed by atoms with E-state index in [1.807, 2.05) is 18.2 Å². The molecule has 1 saturated carbocycles. The Hall–Kier alpha value is -1.75. The number of carbonyl (C=O) groups excluding carboxylic acids is 1. The van der Waals surface area contributed by atoms with Crippen molar-refractivity contribution >= 4 is 17.4 Å². The largest absolute Gasteiger partial charge is 0.388 e. The van der Waals surface area contributed by atoms with Gasteiger partial charge < -0.3 is 20.6 Å². The van der Waals surface area contributed by atoms with Crippen LogP contribution >= 0.6 is 0 Å². The number of para-hydroxylation sites is 2. The lowest BCUT2D eigenvalue weighted by Gasteiger charge is -2.27. The molecule has 2 aliphatic rings. The fourth-order valence-corrected chi connectivity index (χ4v) is 3.79. The first kappa shape index (κ1) is 17.1. The summed E-state index contributed by atoms with van der Waals surface area (Å²) >= 11 is 0. The molecule has 0 radical (unpaired) electrons. The molecule has 3 N–H and O–H groups in total. The van der Waals surface area contributed by atoms with E-state index in [2.05, 4.69) is 21.6 Å². The molecule has 2 fully saturated rings. The Labute approximate surface area is 144 Å². The molecule has 0 aromatic heterocycles. The molecular weight excluding hydrogens is 302 g/mol. The van der Waals surface area contributed by atoms with Gasteiger partial charge in [-0.05, 0) is 37.8 Å². The number of hydrogen-bond donors (Lipinski definition) is 3. The molecule has 1 aliphatic heterocycles. The van der Waals surface area contributed by atoms with Crippen LogP contribution in [0.25, 0.3) is 0 Å². The Balaban J connectivity index is 1.57. The minimum atomic E-state index is -0.748. The molecule has 5 nitrogen and oxygen atoms in total. The van der Waals surface area contributed by atoms with Gasteiger partial charge in [-0.1, -0.05) is 37.8 Å². The van der Waals surface area contributed by atoms with Crippen molar-refractivity contribution in [1.82, 2.24) is 5.32 Å². The summed E-state index contributed by atoms with van der Waals surface area (Å²) in [4.78, 5) is 14.6. The third kappa shape index (κ3) is 4.41. The van der Waals surface area contributed by atoms with Crippen LogP contribution in [0.1, 0.15) is 51.4 Å². The van der Waals surface area contributed by atoms with Gasteiger partial charge in [0.05, 0.1) is 17.0 Å². The highest BCUT2D eigenvalue weighted by atomic mass is 16.3. The van der Waals surface area contributed by atoms with Crippen LogP contribution in [0.3, 0.4) is 0 Å². The normalized spacial score (nSPS) is 20.5. The van der Waals surface area contributed by atoms with Gasteiger partial charge in [-0.2, -0.15) is 0 Å². The lowest BCUT2D eigenvalue weighted by atomic mass is 9.95. The van der Waals surface area contributed by atoms with E-state index in [0.717, 1.165) is 50.1 Å². The minimum Gasteiger partial charge on any atom is -0.388 e. The number of amides is 2. The summed E-state index contributed by atoms with van der Waals surface area (Å²) in [5, 5.41) is 16.5. The van der Waals surface area contributed by atoms with Crippen molar-refractivity contribution in [2.75, 3.05) is 29.9 Å². The first-order valence-corrected chi connectivity index (χ1v) is 9.28. The van der Waals surface area contributed by atoms with Gasteiger partial charge in [0.2, 0.25) is 0 Å². The number of anilines is 2. The summed E-state index contributed by atoms with van der Waals surface area (Å²) in [6, 6.07) is 7.70. The molecule has 1 heterocycles. The number of urea groups is 1. The quantitative estimate of drug-likeness (QED) is 0.740. The van der Waals surface area contributed by atoms with E-state index in [0.29, 0.717) is 6.54 Å². The second kappa shape index (κ2) is 7.88. The molecule has 0 atom stereocenters. The first-order valence-electron chi connectivity index (χ1n) is 9.28. The predicted octanol–water partition coefficient (Wildman–Crippen LogP) is 3.49. The molecule has 2 amide bonds. The zero-order chi connectivity index (χ0) is 16.8. The van der Waals surface area contributed by atoms with E-state index in [1.54, 1.807) is 0 Å². The Bertz CT molecular complexity index is 547. The molecule has 24 heavy (non-hydrogen) atoms. The van der Waals surface area contributed by atoms with E-state index < -0.39 is 5.60 Å². The number of benzene rings is 1. The van der Waals surface area contributed by atoms with Gasteiger partial charge in [-0.15, -0.1) is 0 Å². The molecule has 1 saturated heterocycles. The van der Waals surface area contributed by atoms with Crippen LogP contribution in [-0.4, -0.2) is 36.4 Å². The van der Waals surface area contributed by atoms with Gasteiger partial charge in [-0.25, -0.2) is 4.79 Å². The number of nitrogens with one attached hydrogen (secondary N) is 2. The monoisotopic (exact) mass is 331 g/mol. The van der Waals surface area contributed by atoms with Crippen molar-refractivity contribution < 1.29 is 9.90 Å². The van der Waals surface area contributed by atoms with Gasteiger partial charge in [0, 0.05) is 19.6 Å². The van der Waals surface area contributed by atoms with Crippen LogP contribution in [0.15, 0.2) is 24.3 Å². The van der Waals surface area contributed by atoms with Gasteiger partial charge in [0.1, 0.15) is 0 Å². The van der Waals surface area contributed by atoms with Crippen LogP contribution in [0, 0.1) is 0 Å². The number of nitrogens with zero attached hydrogens (tertiary/aromatic N) is 1. The minimum absolute atomic E-state index is 0.237. The molecule has 1 aromatic rings. The molecule has 0 unspecified atom stereocenters. The van der Waals surface area contributed by atoms with Crippen LogP contribution in [-0.2, 0) is 0 Å². The topological polar surface area (TPSA) is 64.6 Å². The lowest BCUT2D eigenvalue weighted by molar-refractivity contribution is 0.0281. The number of carbonyl (C=O) groups is 1. The molecule has 0 spiro atoms. The van der Waals surface area contributed by atoms with Crippen LogP contribution in [0.4, 0.5) is 16.2 Å². The molecule has 5 heteroatoms. The third-order valence-corrected chi connectivity index (χ3v) is 5.21. The van der Waals surface area contributed by atoms with E-state index >= 15 is 0 Å². The Kier molecular flexibility index (Phi) is 5.61. The van der Waals surface area contributed by atoms with Crippen molar-refractivity contribution in [2.24, 2.45) is 0 Å². The number of hydrogen-bond acceptors (Lipinski definition) is 3. The Morgan fingerprint density at radius 3 is 2.42 bits per heavy atom. The van der Waals surface area contributed by atoms with E-state index in [-0.39, 0.29) is 6.03 Å². The molecule has 1 aliphatic carbocycles. The van der Waals surface area contributed by atoms with Crippen molar-refractivity contribution in [2.45, 2.75) is 57.0 Å². The Morgan fingerprint density at radius 1 is 1.04 bits per heavy atom. The van der Waals surface area contributed by atoms with Crippen LogP contribution in [0.5, 0.6) is 0 Å². The number of rotatable bonds is 4. The van der Waals surface area contributed by atoms with Crippen LogP contribution in [0.2, 0.25) is 0 Å². The summed E-state index contributed by atoms with van der Waals surface area (Å²) in [5.74, 6) is 0. The molecule has 0 bridgehead atoms. The SMILES string of the molecule is O=C(NCC1(O)CCCCCC1)Nc1ccccc1N1CCCC1. The lowest BCUT2D eigenvalue weighted by Crippen LogP contribution is -2.44. The fourth-order valence-electron chi connectivity index (χ4n) is 3.79. The van der Waals surface area contributed by atoms with E-state index in [1.165, 1.54) is 25.7 Å². The molecule has 132 valence electrons. The summed E-state index contributed by atoms with van der Waals surface area (Å²) in [7, 11) is 0. The second-order valence-electron chi connectivity index (χ2n) is 7.16. The van der Waals surface area contributed by atoms with Crippen LogP contribution < -0.4 is 15.5 Å². The Morgan fingerprint density at radius 2 is 1.71 bits per heavy atom. The maximum atomic E-state index is 12.3. The average molecular weight is 331 g/mol. The molecule has 1 aromatic carbocycles. The third-order valence-electron chi connectivity index (χ3n) is 5.21. The summed E-state index contributed by atoms with van der Waals surface area (Å²) < 4.78 is 0. The second-order valence-corrected chi connectivity index (χ2v) is 7.16. The van der Waals surface area contributed by atoms with Gasteiger partial charge in [0.25, 0.3) is 0 Å². The average Bonchev–Trinajstić information content (AvgIpc) is 3.03. The summed E-state index contributed by atoms with van der Waals surface area (Å²) in [5.41, 5.74) is 1.17. The smallest absolute Gasteiger partial charge is 0.319 e.